The van der Waals surface area contributed by atoms with Crippen molar-refractivity contribution in [1.29, 1.82) is 0 Å². The molecule has 3 aromatic rings. The van der Waals surface area contributed by atoms with Crippen LogP contribution in [0.1, 0.15) is 24.3 Å². The van der Waals surface area contributed by atoms with Crippen molar-refractivity contribution in [2.45, 2.75) is 24.8 Å². The molecule has 1 fully saturated rings. The smallest absolute Gasteiger partial charge is 0.246 e. The van der Waals surface area contributed by atoms with Crippen LogP contribution in [0.3, 0.4) is 0 Å². The summed E-state index contributed by atoms with van der Waals surface area (Å²) in [6, 6.07) is 14.1. The highest BCUT2D eigenvalue weighted by Crippen LogP contribution is 2.47. The highest BCUT2D eigenvalue weighted by Gasteiger charge is 2.44. The molecule has 0 radical (unpaired) electrons. The number of benzene rings is 2. The molecule has 2 aromatic carbocycles. The molecule has 2 N–H and O–H groups in total. The predicted molar refractivity (Wildman–Crippen MR) is 126 cm³/mol. The van der Waals surface area contributed by atoms with Crippen molar-refractivity contribution in [2.24, 2.45) is 4.99 Å². The average molecular weight is 542 g/mol. The fourth-order valence-electron chi connectivity index (χ4n) is 3.24. The van der Waals surface area contributed by atoms with Gasteiger partial charge >= 0.3 is 0 Å². The number of aromatic nitrogens is 2. The molecule has 0 spiro atoms. The first-order chi connectivity index (χ1) is 14.1. The van der Waals surface area contributed by atoms with Crippen LogP contribution >= 0.6 is 35.6 Å². The SMILES string of the molecule is CN=C(NCc1nc(-c2cccc(Cl)c2)no1)NCC1(c2cccc(F)c2)CC1.I. The fraction of sp³-hybridized carbons (Fsp3) is 0.286. The lowest BCUT2D eigenvalue weighted by molar-refractivity contribution is 0.375. The van der Waals surface area contributed by atoms with Gasteiger partial charge in [-0.25, -0.2) is 4.39 Å². The van der Waals surface area contributed by atoms with Gasteiger partial charge < -0.3 is 15.2 Å². The van der Waals surface area contributed by atoms with Crippen LogP contribution < -0.4 is 10.6 Å². The van der Waals surface area contributed by atoms with Crippen molar-refractivity contribution in [3.8, 4) is 11.4 Å². The van der Waals surface area contributed by atoms with E-state index in [4.69, 9.17) is 16.1 Å². The van der Waals surface area contributed by atoms with Crippen molar-refractivity contribution in [3.63, 3.8) is 0 Å². The number of guanidine groups is 1. The largest absolute Gasteiger partial charge is 0.356 e. The zero-order valence-electron chi connectivity index (χ0n) is 16.4. The molecule has 0 unspecified atom stereocenters. The normalized spacial score (nSPS) is 14.7. The molecule has 1 aromatic heterocycles. The zero-order valence-corrected chi connectivity index (χ0v) is 19.4. The fourth-order valence-corrected chi connectivity index (χ4v) is 3.43. The van der Waals surface area contributed by atoms with E-state index >= 15 is 0 Å². The van der Waals surface area contributed by atoms with E-state index in [9.17, 15) is 4.39 Å². The van der Waals surface area contributed by atoms with E-state index in [-0.39, 0.29) is 35.2 Å². The second-order valence-corrected chi connectivity index (χ2v) is 7.53. The first-order valence-corrected chi connectivity index (χ1v) is 9.75. The van der Waals surface area contributed by atoms with Crippen LogP contribution in [0.4, 0.5) is 4.39 Å². The Morgan fingerprint density at radius 1 is 1.20 bits per heavy atom. The summed E-state index contributed by atoms with van der Waals surface area (Å²) in [5, 5.41) is 11.1. The molecule has 1 aliphatic rings. The number of nitrogens with one attached hydrogen (secondary N) is 2. The Kier molecular flexibility index (Phi) is 7.30. The lowest BCUT2D eigenvalue weighted by Gasteiger charge is -2.18. The minimum absolute atomic E-state index is 0. The molecular formula is C21H22ClFIN5O. The maximum Gasteiger partial charge on any atom is 0.246 e. The van der Waals surface area contributed by atoms with E-state index < -0.39 is 0 Å². The highest BCUT2D eigenvalue weighted by atomic mass is 127. The predicted octanol–water partition coefficient (Wildman–Crippen LogP) is 4.54. The standard InChI is InChI=1S/C21H21ClFN5O.HI/c1-24-20(26-13-21(8-9-21)15-5-3-7-17(23)11-15)25-12-18-27-19(28-29-18)14-4-2-6-16(22)10-14;/h2-7,10-11H,8-9,12-13H2,1H3,(H2,24,25,26);1H. The molecule has 9 heteroatoms. The van der Waals surface area contributed by atoms with E-state index in [1.54, 1.807) is 31.3 Å². The monoisotopic (exact) mass is 541 g/mol. The number of halogens is 3. The Labute approximate surface area is 196 Å². The molecule has 0 bridgehead atoms. The molecule has 0 saturated heterocycles. The summed E-state index contributed by atoms with van der Waals surface area (Å²) in [6.07, 6.45) is 2.04. The Morgan fingerprint density at radius 3 is 2.70 bits per heavy atom. The van der Waals surface area contributed by atoms with Crippen LogP contribution in [-0.4, -0.2) is 29.7 Å². The van der Waals surface area contributed by atoms with Crippen molar-refractivity contribution in [2.75, 3.05) is 13.6 Å². The van der Waals surface area contributed by atoms with Crippen molar-refractivity contribution in [3.05, 3.63) is 70.8 Å². The number of hydrogen-bond acceptors (Lipinski definition) is 4. The lowest BCUT2D eigenvalue weighted by Crippen LogP contribution is -2.41. The van der Waals surface area contributed by atoms with Crippen molar-refractivity contribution >= 4 is 41.5 Å². The number of rotatable bonds is 6. The average Bonchev–Trinajstić information content (AvgIpc) is 3.37. The summed E-state index contributed by atoms with van der Waals surface area (Å²) in [6.45, 7) is 1.01. The lowest BCUT2D eigenvalue weighted by atomic mass is 9.96. The van der Waals surface area contributed by atoms with E-state index in [1.807, 2.05) is 18.2 Å². The zero-order chi connectivity index (χ0) is 20.3. The van der Waals surface area contributed by atoms with Gasteiger partial charge in [0.1, 0.15) is 5.82 Å². The minimum Gasteiger partial charge on any atom is -0.356 e. The molecule has 1 aliphatic carbocycles. The van der Waals surface area contributed by atoms with Gasteiger partial charge in [0.05, 0.1) is 6.54 Å². The molecule has 1 saturated carbocycles. The second kappa shape index (κ2) is 9.74. The van der Waals surface area contributed by atoms with Crippen LogP contribution in [0.15, 0.2) is 58.0 Å². The summed E-state index contributed by atoms with van der Waals surface area (Å²) < 4.78 is 18.9. The Hall–Kier alpha value is -2.20. The van der Waals surface area contributed by atoms with E-state index in [2.05, 4.69) is 25.8 Å². The molecule has 158 valence electrons. The summed E-state index contributed by atoms with van der Waals surface area (Å²) in [5.41, 5.74) is 1.77. The van der Waals surface area contributed by atoms with Gasteiger partial charge in [-0.2, -0.15) is 4.98 Å². The molecule has 4 rings (SSSR count). The topological polar surface area (TPSA) is 75.3 Å². The first kappa shape index (κ1) is 22.5. The summed E-state index contributed by atoms with van der Waals surface area (Å²) in [4.78, 5) is 8.62. The molecular weight excluding hydrogens is 520 g/mol. The van der Waals surface area contributed by atoms with Crippen LogP contribution in [0.2, 0.25) is 5.02 Å². The number of nitrogens with zero attached hydrogens (tertiary/aromatic N) is 3. The summed E-state index contributed by atoms with van der Waals surface area (Å²) >= 11 is 6.01. The highest BCUT2D eigenvalue weighted by molar-refractivity contribution is 14.0. The third kappa shape index (κ3) is 5.28. The molecule has 0 amide bonds. The molecule has 0 aliphatic heterocycles. The van der Waals surface area contributed by atoms with E-state index in [0.29, 0.717) is 35.8 Å². The van der Waals surface area contributed by atoms with Gasteiger partial charge in [0.2, 0.25) is 11.7 Å². The Balaban J connectivity index is 0.00000256. The van der Waals surface area contributed by atoms with Crippen LogP contribution in [0.25, 0.3) is 11.4 Å². The maximum absolute atomic E-state index is 13.6. The third-order valence-corrected chi connectivity index (χ3v) is 5.30. The summed E-state index contributed by atoms with van der Waals surface area (Å²) in [5.74, 6) is 1.34. The first-order valence-electron chi connectivity index (χ1n) is 9.37. The Morgan fingerprint density at radius 2 is 2.00 bits per heavy atom. The quantitative estimate of drug-likeness (QED) is 0.272. The number of aliphatic imine (C=N–C) groups is 1. The maximum atomic E-state index is 13.6. The summed E-state index contributed by atoms with van der Waals surface area (Å²) in [7, 11) is 1.70. The van der Waals surface area contributed by atoms with Crippen molar-refractivity contribution in [1.82, 2.24) is 20.8 Å². The van der Waals surface area contributed by atoms with E-state index in [1.165, 1.54) is 6.07 Å². The van der Waals surface area contributed by atoms with Crippen LogP contribution in [0.5, 0.6) is 0 Å². The van der Waals surface area contributed by atoms with Gasteiger partial charge in [-0.1, -0.05) is 41.0 Å². The van der Waals surface area contributed by atoms with Gasteiger partial charge in [-0.3, -0.25) is 4.99 Å². The number of hydrogen-bond donors (Lipinski definition) is 2. The molecule has 6 nitrogen and oxygen atoms in total. The van der Waals surface area contributed by atoms with Crippen molar-refractivity contribution < 1.29 is 8.91 Å². The Bertz CT molecular complexity index is 1040. The minimum atomic E-state index is -0.205. The van der Waals surface area contributed by atoms with Gasteiger partial charge in [0.15, 0.2) is 5.96 Å². The van der Waals surface area contributed by atoms with Crippen LogP contribution in [-0.2, 0) is 12.0 Å². The van der Waals surface area contributed by atoms with Gasteiger partial charge in [0.25, 0.3) is 0 Å². The molecule has 0 atom stereocenters. The molecule has 1 heterocycles. The second-order valence-electron chi connectivity index (χ2n) is 7.09. The molecule has 30 heavy (non-hydrogen) atoms. The third-order valence-electron chi connectivity index (χ3n) is 5.07. The van der Waals surface area contributed by atoms with E-state index in [0.717, 1.165) is 24.0 Å². The van der Waals surface area contributed by atoms with Gasteiger partial charge in [-0.05, 0) is 42.7 Å². The van der Waals surface area contributed by atoms with Crippen LogP contribution in [0, 0.1) is 5.82 Å². The van der Waals surface area contributed by atoms with Gasteiger partial charge in [-0.15, -0.1) is 24.0 Å². The van der Waals surface area contributed by atoms with Gasteiger partial charge in [0, 0.05) is 29.6 Å².